The lowest BCUT2D eigenvalue weighted by atomic mass is 10.0. The molecule has 0 spiro atoms. The van der Waals surface area contributed by atoms with Crippen LogP contribution < -0.4 is 0 Å². The summed E-state index contributed by atoms with van der Waals surface area (Å²) < 4.78 is 0. The summed E-state index contributed by atoms with van der Waals surface area (Å²) in [4.78, 5) is 17.1. The molecule has 0 atom stereocenters. The summed E-state index contributed by atoms with van der Waals surface area (Å²) in [5.41, 5.74) is 4.02. The topological polar surface area (TPSA) is 68.9 Å². The number of aromatic nitrogens is 2. The molecule has 0 radical (unpaired) electrons. The number of carboxylic acid groups (broad SMARTS) is 1. The summed E-state index contributed by atoms with van der Waals surface area (Å²) in [5, 5.41) is 10.2. The predicted molar refractivity (Wildman–Crippen MR) is 69.8 cm³/mol. The highest BCUT2D eigenvalue weighted by Crippen LogP contribution is 2.31. The second kappa shape index (κ2) is 3.77. The minimum atomic E-state index is -0.948. The van der Waals surface area contributed by atoms with Crippen LogP contribution in [0.4, 0.5) is 0 Å². The Hall–Kier alpha value is -2.49. The molecule has 0 aliphatic rings. The molecule has 0 saturated carbocycles. The Kier molecular flexibility index (Phi) is 2.23. The third-order valence-electron chi connectivity index (χ3n) is 3.09. The van der Waals surface area contributed by atoms with E-state index in [1.807, 2.05) is 31.3 Å². The number of H-pyrrole nitrogens is 2. The number of carboxylic acids is 1. The first kappa shape index (κ1) is 10.7. The number of hydrogen-bond acceptors (Lipinski definition) is 1. The first-order valence-corrected chi connectivity index (χ1v) is 5.65. The summed E-state index contributed by atoms with van der Waals surface area (Å²) in [6, 6.07) is 7.86. The number of aromatic amines is 2. The average molecular weight is 240 g/mol. The molecule has 0 fully saturated rings. The Morgan fingerprint density at radius 2 is 2.00 bits per heavy atom. The Labute approximate surface area is 103 Å². The van der Waals surface area contributed by atoms with Gasteiger partial charge < -0.3 is 15.1 Å². The molecule has 2 aromatic heterocycles. The second-order valence-corrected chi connectivity index (χ2v) is 4.32. The maximum atomic E-state index is 11.1. The molecule has 4 heteroatoms. The van der Waals surface area contributed by atoms with Gasteiger partial charge in [-0.3, -0.25) is 0 Å². The summed E-state index contributed by atoms with van der Waals surface area (Å²) >= 11 is 0. The van der Waals surface area contributed by atoms with Crippen molar-refractivity contribution in [3.63, 3.8) is 0 Å². The van der Waals surface area contributed by atoms with Crippen LogP contribution in [0.5, 0.6) is 0 Å². The number of fused-ring (bicyclic) bond motifs is 1. The fraction of sp³-hybridized carbons (Fsp3) is 0.0714. The normalized spacial score (nSPS) is 10.9. The van der Waals surface area contributed by atoms with E-state index in [0.717, 1.165) is 16.5 Å². The van der Waals surface area contributed by atoms with Crippen molar-refractivity contribution in [1.82, 2.24) is 9.97 Å². The summed E-state index contributed by atoms with van der Waals surface area (Å²) in [6.07, 6.45) is 3.49. The van der Waals surface area contributed by atoms with Crippen molar-refractivity contribution >= 4 is 16.9 Å². The van der Waals surface area contributed by atoms with Crippen LogP contribution in [0.2, 0.25) is 0 Å². The molecule has 18 heavy (non-hydrogen) atoms. The van der Waals surface area contributed by atoms with Crippen LogP contribution >= 0.6 is 0 Å². The molecule has 3 N–H and O–H groups in total. The van der Waals surface area contributed by atoms with Crippen molar-refractivity contribution in [3.8, 4) is 11.1 Å². The highest BCUT2D eigenvalue weighted by atomic mass is 16.4. The van der Waals surface area contributed by atoms with Gasteiger partial charge >= 0.3 is 5.97 Å². The molecule has 0 aliphatic carbocycles. The molecule has 0 aliphatic heterocycles. The summed E-state index contributed by atoms with van der Waals surface area (Å²) in [6.45, 7) is 2.03. The minimum absolute atomic E-state index is 0.219. The van der Waals surface area contributed by atoms with Crippen molar-refractivity contribution in [3.05, 3.63) is 47.9 Å². The highest BCUT2D eigenvalue weighted by molar-refractivity contribution is 6.02. The lowest BCUT2D eigenvalue weighted by molar-refractivity contribution is 0.0692. The first-order valence-electron chi connectivity index (χ1n) is 5.65. The summed E-state index contributed by atoms with van der Waals surface area (Å²) in [5.74, 6) is -0.948. The Morgan fingerprint density at radius 3 is 2.78 bits per heavy atom. The average Bonchev–Trinajstić information content (AvgIpc) is 2.92. The van der Waals surface area contributed by atoms with Gasteiger partial charge in [0.1, 0.15) is 5.69 Å². The standard InChI is InChI=1S/C14H12N2O2/c1-8-2-3-9-11(7-16-12(9)6-8)10-4-5-15-13(10)14(17)18/h2-7,15-16H,1H3,(H,17,18). The van der Waals surface area contributed by atoms with Crippen LogP contribution in [-0.2, 0) is 0 Å². The minimum Gasteiger partial charge on any atom is -0.477 e. The van der Waals surface area contributed by atoms with Gasteiger partial charge in [0.15, 0.2) is 0 Å². The monoisotopic (exact) mass is 240 g/mol. The number of rotatable bonds is 2. The van der Waals surface area contributed by atoms with Crippen LogP contribution in [0, 0.1) is 6.92 Å². The van der Waals surface area contributed by atoms with Gasteiger partial charge in [-0.2, -0.15) is 0 Å². The molecule has 0 saturated heterocycles. The lowest BCUT2D eigenvalue weighted by Gasteiger charge is -1.99. The Bertz CT molecular complexity index is 737. The van der Waals surface area contributed by atoms with Gasteiger partial charge in [-0.05, 0) is 24.6 Å². The molecule has 0 bridgehead atoms. The van der Waals surface area contributed by atoms with Gasteiger partial charge in [-0.25, -0.2) is 4.79 Å². The number of nitrogens with one attached hydrogen (secondary N) is 2. The van der Waals surface area contributed by atoms with Crippen molar-refractivity contribution < 1.29 is 9.90 Å². The van der Waals surface area contributed by atoms with Gasteiger partial charge in [0.05, 0.1) is 0 Å². The molecular weight excluding hydrogens is 228 g/mol. The zero-order valence-electron chi connectivity index (χ0n) is 9.82. The number of benzene rings is 1. The van der Waals surface area contributed by atoms with Crippen molar-refractivity contribution in [2.45, 2.75) is 6.92 Å². The second-order valence-electron chi connectivity index (χ2n) is 4.32. The molecule has 4 nitrogen and oxygen atoms in total. The number of aryl methyl sites for hydroxylation is 1. The van der Waals surface area contributed by atoms with E-state index in [4.69, 9.17) is 5.11 Å². The highest BCUT2D eigenvalue weighted by Gasteiger charge is 2.15. The zero-order valence-corrected chi connectivity index (χ0v) is 9.82. The SMILES string of the molecule is Cc1ccc2c(-c3cc[nH]c3C(=O)O)c[nH]c2c1. The quantitative estimate of drug-likeness (QED) is 0.644. The molecule has 90 valence electrons. The van der Waals surface area contributed by atoms with E-state index in [9.17, 15) is 4.79 Å². The molecule has 0 unspecified atom stereocenters. The third kappa shape index (κ3) is 1.50. The van der Waals surface area contributed by atoms with E-state index in [1.54, 1.807) is 12.3 Å². The first-order chi connectivity index (χ1) is 8.66. The van der Waals surface area contributed by atoms with Crippen molar-refractivity contribution in [2.75, 3.05) is 0 Å². The van der Waals surface area contributed by atoms with Crippen LogP contribution in [0.1, 0.15) is 16.1 Å². The smallest absolute Gasteiger partial charge is 0.352 e. The van der Waals surface area contributed by atoms with Gasteiger partial charge in [-0.1, -0.05) is 12.1 Å². The largest absolute Gasteiger partial charge is 0.477 e. The summed E-state index contributed by atoms with van der Waals surface area (Å²) in [7, 11) is 0. The van der Waals surface area contributed by atoms with Crippen molar-refractivity contribution in [1.29, 1.82) is 0 Å². The number of hydrogen-bond donors (Lipinski definition) is 3. The van der Waals surface area contributed by atoms with Gasteiger partial charge in [0.25, 0.3) is 0 Å². The zero-order chi connectivity index (χ0) is 12.7. The van der Waals surface area contributed by atoms with Crippen LogP contribution in [0.15, 0.2) is 36.7 Å². The predicted octanol–water partition coefficient (Wildman–Crippen LogP) is 3.17. The van der Waals surface area contributed by atoms with Gasteiger partial charge in [-0.15, -0.1) is 0 Å². The van der Waals surface area contributed by atoms with E-state index >= 15 is 0 Å². The Morgan fingerprint density at radius 1 is 1.17 bits per heavy atom. The lowest BCUT2D eigenvalue weighted by Crippen LogP contribution is -1.98. The van der Waals surface area contributed by atoms with E-state index in [2.05, 4.69) is 9.97 Å². The molecule has 3 rings (SSSR count). The van der Waals surface area contributed by atoms with Gasteiger partial charge in [0, 0.05) is 34.4 Å². The fourth-order valence-electron chi connectivity index (χ4n) is 2.23. The fourth-order valence-corrected chi connectivity index (χ4v) is 2.23. The van der Waals surface area contributed by atoms with Gasteiger partial charge in [0.2, 0.25) is 0 Å². The molecular formula is C14H12N2O2. The van der Waals surface area contributed by atoms with E-state index in [-0.39, 0.29) is 5.69 Å². The van der Waals surface area contributed by atoms with E-state index in [0.29, 0.717) is 5.56 Å². The van der Waals surface area contributed by atoms with Crippen molar-refractivity contribution in [2.24, 2.45) is 0 Å². The van der Waals surface area contributed by atoms with Crippen LogP contribution in [0.25, 0.3) is 22.0 Å². The molecule has 3 aromatic rings. The van der Waals surface area contributed by atoms with Crippen LogP contribution in [0.3, 0.4) is 0 Å². The van der Waals surface area contributed by atoms with E-state index < -0.39 is 5.97 Å². The van der Waals surface area contributed by atoms with Crippen LogP contribution in [-0.4, -0.2) is 21.0 Å². The number of aromatic carboxylic acids is 1. The molecule has 1 aromatic carbocycles. The Balaban J connectivity index is 2.26. The number of carbonyl (C=O) groups is 1. The maximum Gasteiger partial charge on any atom is 0.352 e. The third-order valence-corrected chi connectivity index (χ3v) is 3.09. The molecule has 0 amide bonds. The van der Waals surface area contributed by atoms with E-state index in [1.165, 1.54) is 5.56 Å². The maximum absolute atomic E-state index is 11.1. The molecule has 2 heterocycles.